The molecule has 0 amide bonds. The van der Waals surface area contributed by atoms with Crippen molar-refractivity contribution >= 4 is 57.4 Å². The van der Waals surface area contributed by atoms with Gasteiger partial charge < -0.3 is 19.5 Å². The summed E-state index contributed by atoms with van der Waals surface area (Å²) >= 11 is 1.24. The Morgan fingerprint density at radius 1 is 0.964 bits per heavy atom. The molecule has 7 rings (SSSR count). The number of fused-ring (bicyclic) bond motifs is 1. The molecule has 0 saturated carbocycles. The smallest absolute Gasteiger partial charge is 0.261 e. The zero-order valence-electron chi connectivity index (χ0n) is 32.1. The van der Waals surface area contributed by atoms with E-state index in [2.05, 4.69) is 85.6 Å². The molecular formula is C44H46F2N6OSSi. The second kappa shape index (κ2) is 15.6. The molecule has 1 fully saturated rings. The summed E-state index contributed by atoms with van der Waals surface area (Å²) in [6, 6.07) is 35.1. The Hall–Kier alpha value is -4.99. The SMILES string of the molecule is CC(C)c1cc(N(C)c2nc(-c3ccc(F)cc3)c(C#N)s2)c2cc(N3CCN[C@H](CO[Si](c4ccccc4)(c4ccccc4)C(C)(C)C)C3)cc(F)c2n1. The molecule has 0 radical (unpaired) electrons. The molecule has 282 valence electrons. The second-order valence-corrected chi connectivity index (χ2v) is 20.8. The van der Waals surface area contributed by atoms with Crippen molar-refractivity contribution in [2.75, 3.05) is 43.1 Å². The molecule has 0 spiro atoms. The van der Waals surface area contributed by atoms with Crippen LogP contribution in [0.1, 0.15) is 51.1 Å². The zero-order chi connectivity index (χ0) is 38.9. The molecule has 2 aromatic heterocycles. The Balaban J connectivity index is 1.22. The second-order valence-electron chi connectivity index (χ2n) is 15.5. The van der Waals surface area contributed by atoms with Crippen molar-refractivity contribution < 1.29 is 13.2 Å². The summed E-state index contributed by atoms with van der Waals surface area (Å²) in [7, 11) is -0.875. The molecule has 11 heteroatoms. The van der Waals surface area contributed by atoms with E-state index in [-0.39, 0.29) is 28.3 Å². The minimum atomic E-state index is -2.75. The van der Waals surface area contributed by atoms with Gasteiger partial charge >= 0.3 is 0 Å². The number of aromatic nitrogens is 2. The van der Waals surface area contributed by atoms with E-state index in [1.165, 1.54) is 33.8 Å². The maximum absolute atomic E-state index is 16.3. The number of anilines is 3. The van der Waals surface area contributed by atoms with Crippen molar-refractivity contribution in [1.82, 2.24) is 15.3 Å². The van der Waals surface area contributed by atoms with E-state index in [1.54, 1.807) is 18.2 Å². The predicted octanol–water partition coefficient (Wildman–Crippen LogP) is 8.75. The fraction of sp³-hybridized carbons (Fsp3) is 0.295. The average Bonchev–Trinajstić information content (AvgIpc) is 3.63. The third kappa shape index (κ3) is 7.52. The first kappa shape index (κ1) is 38.3. The first-order valence-corrected chi connectivity index (χ1v) is 21.4. The van der Waals surface area contributed by atoms with Gasteiger partial charge in [-0.05, 0) is 63.8 Å². The number of halogens is 2. The molecule has 1 saturated heterocycles. The Kier molecular flexibility index (Phi) is 10.9. The van der Waals surface area contributed by atoms with Crippen LogP contribution < -0.4 is 25.5 Å². The van der Waals surface area contributed by atoms with Gasteiger partial charge in [0.05, 0.1) is 12.3 Å². The van der Waals surface area contributed by atoms with Crippen LogP contribution in [0.2, 0.25) is 5.04 Å². The molecule has 3 heterocycles. The molecule has 55 heavy (non-hydrogen) atoms. The van der Waals surface area contributed by atoms with Gasteiger partial charge in [0.15, 0.2) is 10.9 Å². The molecule has 7 nitrogen and oxygen atoms in total. The number of pyridine rings is 1. The monoisotopic (exact) mass is 772 g/mol. The van der Waals surface area contributed by atoms with Gasteiger partial charge in [0.25, 0.3) is 8.32 Å². The molecule has 1 aliphatic rings. The van der Waals surface area contributed by atoms with Crippen LogP contribution in [0.5, 0.6) is 0 Å². The van der Waals surface area contributed by atoms with Gasteiger partial charge in [-0.3, -0.25) is 0 Å². The molecule has 1 aliphatic heterocycles. The van der Waals surface area contributed by atoms with Crippen LogP contribution in [0, 0.1) is 23.0 Å². The van der Waals surface area contributed by atoms with Gasteiger partial charge in [0.2, 0.25) is 0 Å². The maximum atomic E-state index is 16.3. The molecule has 6 aromatic rings. The Bertz CT molecular complexity index is 2280. The van der Waals surface area contributed by atoms with E-state index in [0.29, 0.717) is 52.9 Å². The molecule has 4 aromatic carbocycles. The Labute approximate surface area is 327 Å². The lowest BCUT2D eigenvalue weighted by Crippen LogP contribution is -2.68. The summed E-state index contributed by atoms with van der Waals surface area (Å²) in [5.41, 5.74) is 3.67. The highest BCUT2D eigenvalue weighted by atomic mass is 32.1. The van der Waals surface area contributed by atoms with Gasteiger partial charge in [0, 0.05) is 55.1 Å². The summed E-state index contributed by atoms with van der Waals surface area (Å²) in [4.78, 5) is 14.2. The van der Waals surface area contributed by atoms with Crippen LogP contribution in [0.15, 0.2) is 103 Å². The van der Waals surface area contributed by atoms with Gasteiger partial charge in [0.1, 0.15) is 28.0 Å². The summed E-state index contributed by atoms with van der Waals surface area (Å²) in [6.45, 7) is 13.4. The number of rotatable bonds is 10. The van der Waals surface area contributed by atoms with Crippen molar-refractivity contribution in [3.63, 3.8) is 0 Å². The predicted molar refractivity (Wildman–Crippen MR) is 224 cm³/mol. The number of nitrogens with one attached hydrogen (secondary N) is 1. The number of thiazole rings is 1. The average molecular weight is 773 g/mol. The number of hydrogen-bond donors (Lipinski definition) is 1. The van der Waals surface area contributed by atoms with Gasteiger partial charge in [-0.2, -0.15) is 5.26 Å². The van der Waals surface area contributed by atoms with Crippen molar-refractivity contribution in [3.05, 3.63) is 125 Å². The molecular weight excluding hydrogens is 727 g/mol. The first-order chi connectivity index (χ1) is 26.4. The van der Waals surface area contributed by atoms with Gasteiger partial charge in [-0.1, -0.05) is 107 Å². The van der Waals surface area contributed by atoms with E-state index < -0.39 is 14.1 Å². The number of benzene rings is 4. The van der Waals surface area contributed by atoms with Crippen molar-refractivity contribution in [3.8, 4) is 17.3 Å². The third-order valence-electron chi connectivity index (χ3n) is 10.5. The minimum Gasteiger partial charge on any atom is -0.406 e. The van der Waals surface area contributed by atoms with Crippen molar-refractivity contribution in [2.24, 2.45) is 0 Å². The highest BCUT2D eigenvalue weighted by Gasteiger charge is 2.50. The Morgan fingerprint density at radius 2 is 1.62 bits per heavy atom. The number of hydrogen-bond acceptors (Lipinski definition) is 8. The van der Waals surface area contributed by atoms with Crippen LogP contribution in [-0.4, -0.2) is 57.6 Å². The van der Waals surface area contributed by atoms with Gasteiger partial charge in [-0.15, -0.1) is 0 Å². The van der Waals surface area contributed by atoms with Gasteiger partial charge in [-0.25, -0.2) is 18.7 Å². The fourth-order valence-electron chi connectivity index (χ4n) is 7.62. The van der Waals surface area contributed by atoms with E-state index >= 15 is 4.39 Å². The standard InChI is InChI=1S/C44H46F2N6OSSi/c1-29(2)38-25-39(51(6)43-50-41(40(26-47)54-43)30-17-19-31(45)20-18-30)36-23-33(24-37(46)42(36)49-38)52-22-21-48-32(27-52)28-53-55(44(3,4)5,34-13-9-7-10-14-34)35-15-11-8-12-16-35/h7-20,23-25,29,32,48H,21-22,27-28H2,1-6H3/t32-/m0/s1. The van der Waals surface area contributed by atoms with Crippen LogP contribution in [-0.2, 0) is 4.43 Å². The number of nitrogens with zero attached hydrogens (tertiary/aromatic N) is 5. The summed E-state index contributed by atoms with van der Waals surface area (Å²) < 4.78 is 37.4. The van der Waals surface area contributed by atoms with Crippen LogP contribution in [0.4, 0.5) is 25.3 Å². The number of piperazine rings is 1. The summed E-state index contributed by atoms with van der Waals surface area (Å²) in [5.74, 6) is -0.715. The highest BCUT2D eigenvalue weighted by Crippen LogP contribution is 2.41. The van der Waals surface area contributed by atoms with Crippen LogP contribution in [0.25, 0.3) is 22.2 Å². The normalized spacial score (nSPS) is 15.1. The highest BCUT2D eigenvalue weighted by molar-refractivity contribution is 7.16. The quantitative estimate of drug-likeness (QED) is 0.140. The topological polar surface area (TPSA) is 77.3 Å². The van der Waals surface area contributed by atoms with Crippen molar-refractivity contribution in [2.45, 2.75) is 51.6 Å². The fourth-order valence-corrected chi connectivity index (χ4v) is 13.1. The minimum absolute atomic E-state index is 0.00217. The largest absolute Gasteiger partial charge is 0.406 e. The molecule has 1 atom stereocenters. The zero-order valence-corrected chi connectivity index (χ0v) is 33.9. The lowest BCUT2D eigenvalue weighted by molar-refractivity contribution is 0.242. The van der Waals surface area contributed by atoms with Crippen molar-refractivity contribution in [1.29, 1.82) is 5.26 Å². The first-order valence-electron chi connectivity index (χ1n) is 18.7. The summed E-state index contributed by atoms with van der Waals surface area (Å²) in [5, 5.41) is 17.2. The molecule has 0 unspecified atom stereocenters. The number of nitriles is 1. The molecule has 1 N–H and O–H groups in total. The van der Waals surface area contributed by atoms with E-state index in [4.69, 9.17) is 14.4 Å². The molecule has 0 bridgehead atoms. The third-order valence-corrected chi connectivity index (χ3v) is 16.5. The lowest BCUT2D eigenvalue weighted by Gasteiger charge is -2.44. The molecule has 0 aliphatic carbocycles. The summed E-state index contributed by atoms with van der Waals surface area (Å²) in [6.07, 6.45) is 0. The van der Waals surface area contributed by atoms with E-state index in [0.717, 1.165) is 17.1 Å². The van der Waals surface area contributed by atoms with E-state index in [1.807, 2.05) is 50.1 Å². The lowest BCUT2D eigenvalue weighted by atomic mass is 10.0. The van der Waals surface area contributed by atoms with Crippen LogP contribution >= 0.6 is 11.3 Å². The van der Waals surface area contributed by atoms with Crippen LogP contribution in [0.3, 0.4) is 0 Å². The van der Waals surface area contributed by atoms with E-state index in [9.17, 15) is 9.65 Å². The Morgan fingerprint density at radius 3 is 2.22 bits per heavy atom. The maximum Gasteiger partial charge on any atom is 0.261 e.